The second kappa shape index (κ2) is 8.16. The van der Waals surface area contributed by atoms with Crippen LogP contribution in [0.1, 0.15) is 29.0 Å². The number of thiophene rings is 1. The lowest BCUT2D eigenvalue weighted by Crippen LogP contribution is -2.56. The Hall–Kier alpha value is -0.950. The highest BCUT2D eigenvalue weighted by molar-refractivity contribution is 7.11. The zero-order chi connectivity index (χ0) is 17.9. The summed E-state index contributed by atoms with van der Waals surface area (Å²) >= 11 is 1.88. The molecular weight excluding hydrogens is 336 g/mol. The molecular formula is C19H30N2O3S. The highest BCUT2D eigenvalue weighted by Crippen LogP contribution is 2.41. The Labute approximate surface area is 154 Å². The predicted molar refractivity (Wildman–Crippen MR) is 99.9 cm³/mol. The van der Waals surface area contributed by atoms with E-state index in [1.54, 1.807) is 19.0 Å². The molecule has 0 aromatic carbocycles. The van der Waals surface area contributed by atoms with E-state index in [1.165, 1.54) is 9.75 Å². The van der Waals surface area contributed by atoms with Crippen molar-refractivity contribution < 1.29 is 14.3 Å². The van der Waals surface area contributed by atoms with E-state index in [2.05, 4.69) is 24.0 Å². The summed E-state index contributed by atoms with van der Waals surface area (Å²) in [6.07, 6.45) is 3.51. The van der Waals surface area contributed by atoms with E-state index >= 15 is 0 Å². The van der Waals surface area contributed by atoms with Crippen molar-refractivity contribution in [3.63, 3.8) is 0 Å². The summed E-state index contributed by atoms with van der Waals surface area (Å²) in [5.74, 6) is 0.0198. The maximum absolute atomic E-state index is 11.8. The Balaban J connectivity index is 1.62. The molecule has 0 saturated carbocycles. The molecule has 1 amide bonds. The maximum atomic E-state index is 11.8. The van der Waals surface area contributed by atoms with Crippen molar-refractivity contribution in [2.45, 2.75) is 38.8 Å². The number of fused-ring (bicyclic) bond motifs is 1. The van der Waals surface area contributed by atoms with E-state index in [1.807, 2.05) is 11.3 Å². The number of hydrogen-bond acceptors (Lipinski definition) is 5. The van der Waals surface area contributed by atoms with Gasteiger partial charge in [-0.3, -0.25) is 9.69 Å². The summed E-state index contributed by atoms with van der Waals surface area (Å²) in [7, 11) is 3.53. The molecule has 0 spiro atoms. The number of carbonyl (C=O) groups is 1. The van der Waals surface area contributed by atoms with Gasteiger partial charge >= 0.3 is 0 Å². The number of carbonyl (C=O) groups excluding carboxylic acids is 1. The van der Waals surface area contributed by atoms with E-state index in [9.17, 15) is 4.79 Å². The second-order valence-corrected chi connectivity index (χ2v) is 8.99. The molecule has 6 heteroatoms. The minimum absolute atomic E-state index is 0.0198. The lowest BCUT2D eigenvalue weighted by atomic mass is 9.73. The van der Waals surface area contributed by atoms with Crippen LogP contribution in [0.25, 0.3) is 0 Å². The molecule has 1 aromatic rings. The SMILES string of the molecule is Cc1ccc(CN2CC[C@H]3OCCC[C@@]3(COCC(=O)N(C)C)C2)s1. The fraction of sp³-hybridized carbons (Fsp3) is 0.737. The number of hydrogen-bond donors (Lipinski definition) is 0. The zero-order valence-electron chi connectivity index (χ0n) is 15.6. The van der Waals surface area contributed by atoms with Crippen LogP contribution >= 0.6 is 11.3 Å². The van der Waals surface area contributed by atoms with Crippen LogP contribution in [-0.4, -0.2) is 68.8 Å². The Bertz CT molecular complexity index is 589. The van der Waals surface area contributed by atoms with Crippen LogP contribution in [0.15, 0.2) is 12.1 Å². The third-order valence-electron chi connectivity index (χ3n) is 5.36. The van der Waals surface area contributed by atoms with Gasteiger partial charge in [-0.25, -0.2) is 0 Å². The third kappa shape index (κ3) is 4.61. The van der Waals surface area contributed by atoms with Gasteiger partial charge in [-0.1, -0.05) is 0 Å². The van der Waals surface area contributed by atoms with Gasteiger partial charge in [-0.2, -0.15) is 0 Å². The fourth-order valence-electron chi connectivity index (χ4n) is 3.99. The molecule has 0 N–H and O–H groups in total. The first kappa shape index (κ1) is 18.8. The zero-order valence-corrected chi connectivity index (χ0v) is 16.4. The fourth-order valence-corrected chi connectivity index (χ4v) is 4.92. The standard InChI is InChI=1S/C19H30N2O3S/c1-15-5-6-16(25-15)11-21-9-7-17-19(13-21,8-4-10-24-17)14-23-12-18(22)20(2)3/h5-6,17H,4,7-14H2,1-3H3/t17-,19+/m1/s1. The average Bonchev–Trinajstić information content (AvgIpc) is 2.99. The minimum atomic E-state index is 0.0198. The van der Waals surface area contributed by atoms with Crippen molar-refractivity contribution in [2.24, 2.45) is 5.41 Å². The molecule has 2 aliphatic heterocycles. The van der Waals surface area contributed by atoms with Crippen LogP contribution in [0.3, 0.4) is 0 Å². The average molecular weight is 367 g/mol. The molecule has 2 saturated heterocycles. The number of rotatable bonds is 6. The van der Waals surface area contributed by atoms with Crippen molar-refractivity contribution >= 4 is 17.2 Å². The number of likely N-dealkylation sites (tertiary alicyclic amines) is 1. The highest BCUT2D eigenvalue weighted by atomic mass is 32.1. The molecule has 140 valence electrons. The number of aryl methyl sites for hydroxylation is 1. The number of ether oxygens (including phenoxy) is 2. The van der Waals surface area contributed by atoms with Crippen molar-refractivity contribution in [1.82, 2.24) is 9.80 Å². The van der Waals surface area contributed by atoms with Gasteiger partial charge in [0.15, 0.2) is 0 Å². The van der Waals surface area contributed by atoms with Gasteiger partial charge in [0.25, 0.3) is 0 Å². The molecule has 3 rings (SSSR count). The molecule has 25 heavy (non-hydrogen) atoms. The second-order valence-electron chi connectivity index (χ2n) is 7.62. The first-order valence-electron chi connectivity index (χ1n) is 9.16. The van der Waals surface area contributed by atoms with Crippen LogP contribution < -0.4 is 0 Å². The highest BCUT2D eigenvalue weighted by Gasteiger charge is 2.46. The van der Waals surface area contributed by atoms with Gasteiger partial charge in [0.1, 0.15) is 6.61 Å². The minimum Gasteiger partial charge on any atom is -0.377 e. The molecule has 5 nitrogen and oxygen atoms in total. The van der Waals surface area contributed by atoms with Crippen LogP contribution in [0.5, 0.6) is 0 Å². The van der Waals surface area contributed by atoms with E-state index in [-0.39, 0.29) is 24.0 Å². The van der Waals surface area contributed by atoms with Crippen LogP contribution in [0, 0.1) is 12.3 Å². The summed E-state index contributed by atoms with van der Waals surface area (Å²) in [5.41, 5.74) is 0.0232. The maximum Gasteiger partial charge on any atom is 0.248 e. The molecule has 2 aliphatic rings. The molecule has 0 radical (unpaired) electrons. The quantitative estimate of drug-likeness (QED) is 0.776. The normalized spacial score (nSPS) is 27.1. The van der Waals surface area contributed by atoms with Crippen LogP contribution in [0.4, 0.5) is 0 Å². The first-order chi connectivity index (χ1) is 12.0. The molecule has 0 unspecified atom stereocenters. The van der Waals surface area contributed by atoms with Gasteiger partial charge in [-0.05, 0) is 38.3 Å². The third-order valence-corrected chi connectivity index (χ3v) is 6.34. The Kier molecular flexibility index (Phi) is 6.15. The first-order valence-corrected chi connectivity index (χ1v) is 9.97. The molecule has 0 bridgehead atoms. The molecule has 2 atom stereocenters. The van der Waals surface area contributed by atoms with Crippen molar-refractivity contribution in [3.8, 4) is 0 Å². The van der Waals surface area contributed by atoms with Crippen molar-refractivity contribution in [1.29, 1.82) is 0 Å². The Morgan fingerprint density at radius 2 is 2.32 bits per heavy atom. The summed E-state index contributed by atoms with van der Waals surface area (Å²) in [6, 6.07) is 4.44. The number of nitrogens with zero attached hydrogens (tertiary/aromatic N) is 2. The summed E-state index contributed by atoms with van der Waals surface area (Å²) in [4.78, 5) is 18.7. The topological polar surface area (TPSA) is 42.0 Å². The van der Waals surface area contributed by atoms with Gasteiger partial charge < -0.3 is 14.4 Å². The van der Waals surface area contributed by atoms with Gasteiger partial charge in [0, 0.05) is 55.5 Å². The van der Waals surface area contributed by atoms with Crippen molar-refractivity contribution in [3.05, 3.63) is 21.9 Å². The molecule has 1 aromatic heterocycles. The number of amides is 1. The van der Waals surface area contributed by atoms with Crippen LogP contribution in [-0.2, 0) is 20.8 Å². The monoisotopic (exact) mass is 366 g/mol. The number of likely N-dealkylation sites (N-methyl/N-ethyl adjacent to an activating group) is 1. The smallest absolute Gasteiger partial charge is 0.248 e. The summed E-state index contributed by atoms with van der Waals surface area (Å²) in [6.45, 7) is 6.84. The van der Waals surface area contributed by atoms with E-state index in [4.69, 9.17) is 9.47 Å². The molecule has 3 heterocycles. The lowest BCUT2D eigenvalue weighted by Gasteiger charge is -2.50. The van der Waals surface area contributed by atoms with Crippen LogP contribution in [0.2, 0.25) is 0 Å². The van der Waals surface area contributed by atoms with Gasteiger partial charge in [-0.15, -0.1) is 11.3 Å². The Morgan fingerprint density at radius 3 is 3.04 bits per heavy atom. The molecule has 2 fully saturated rings. The summed E-state index contributed by atoms with van der Waals surface area (Å²) in [5, 5.41) is 0. The van der Waals surface area contributed by atoms with E-state index < -0.39 is 0 Å². The summed E-state index contributed by atoms with van der Waals surface area (Å²) < 4.78 is 12.0. The Morgan fingerprint density at radius 1 is 1.48 bits per heavy atom. The van der Waals surface area contributed by atoms with Gasteiger partial charge in [0.2, 0.25) is 5.91 Å². The number of piperidine rings is 1. The van der Waals surface area contributed by atoms with Crippen molar-refractivity contribution in [2.75, 3.05) is 47.0 Å². The van der Waals surface area contributed by atoms with E-state index in [0.29, 0.717) is 6.61 Å². The lowest BCUT2D eigenvalue weighted by molar-refractivity contribution is -0.160. The predicted octanol–water partition coefficient (Wildman–Crippen LogP) is 2.53. The van der Waals surface area contributed by atoms with E-state index in [0.717, 1.165) is 45.5 Å². The largest absolute Gasteiger partial charge is 0.377 e. The van der Waals surface area contributed by atoms with Gasteiger partial charge in [0.05, 0.1) is 12.7 Å². The molecule has 0 aliphatic carbocycles.